The predicted molar refractivity (Wildman–Crippen MR) is 74.7 cm³/mol. The fraction of sp³-hybridized carbons (Fsp3) is 0.733. The van der Waals surface area contributed by atoms with Crippen molar-refractivity contribution in [1.82, 2.24) is 5.32 Å². The van der Waals surface area contributed by atoms with Crippen LogP contribution in [0, 0.1) is 11.3 Å². The van der Waals surface area contributed by atoms with Crippen LogP contribution in [-0.2, 0) is 9.59 Å². The monoisotopic (exact) mass is 267 g/mol. The number of allylic oxidation sites excluding steroid dienone is 1. The summed E-state index contributed by atoms with van der Waals surface area (Å²) in [5.41, 5.74) is -0.488. The fourth-order valence-electron chi connectivity index (χ4n) is 2.72. The quantitative estimate of drug-likeness (QED) is 0.697. The molecule has 0 aromatic carbocycles. The molecular weight excluding hydrogens is 242 g/mol. The number of hydrogen-bond donors (Lipinski definition) is 2. The molecule has 0 heterocycles. The second kappa shape index (κ2) is 6.73. The summed E-state index contributed by atoms with van der Waals surface area (Å²) in [4.78, 5) is 23.5. The Morgan fingerprint density at radius 2 is 2.00 bits per heavy atom. The average Bonchev–Trinajstić information content (AvgIpc) is 2.87. The normalized spacial score (nSPS) is 18.0. The smallest absolute Gasteiger partial charge is 0.326 e. The van der Waals surface area contributed by atoms with E-state index >= 15 is 0 Å². The summed E-state index contributed by atoms with van der Waals surface area (Å²) in [6.07, 6.45) is 7.10. The van der Waals surface area contributed by atoms with Crippen molar-refractivity contribution >= 4 is 11.9 Å². The van der Waals surface area contributed by atoms with Crippen LogP contribution in [0.4, 0.5) is 0 Å². The number of nitrogens with one attached hydrogen (secondary N) is 1. The fourth-order valence-corrected chi connectivity index (χ4v) is 2.72. The molecule has 1 amide bonds. The number of carbonyl (C=O) groups excluding carboxylic acids is 1. The molecule has 1 saturated carbocycles. The first-order valence-corrected chi connectivity index (χ1v) is 7.04. The molecule has 0 spiro atoms. The minimum Gasteiger partial charge on any atom is -0.480 e. The molecule has 1 fully saturated rings. The summed E-state index contributed by atoms with van der Waals surface area (Å²) < 4.78 is 0. The summed E-state index contributed by atoms with van der Waals surface area (Å²) >= 11 is 0. The highest BCUT2D eigenvalue weighted by Crippen LogP contribution is 2.39. The molecule has 1 rings (SSSR count). The lowest BCUT2D eigenvalue weighted by Crippen LogP contribution is -2.48. The summed E-state index contributed by atoms with van der Waals surface area (Å²) in [7, 11) is 0. The van der Waals surface area contributed by atoms with Gasteiger partial charge in [0.1, 0.15) is 6.04 Å². The van der Waals surface area contributed by atoms with Crippen LogP contribution in [0.3, 0.4) is 0 Å². The van der Waals surface area contributed by atoms with Crippen LogP contribution in [0.2, 0.25) is 0 Å². The lowest BCUT2D eigenvalue weighted by molar-refractivity contribution is -0.144. The highest BCUT2D eigenvalue weighted by molar-refractivity contribution is 5.87. The van der Waals surface area contributed by atoms with Crippen molar-refractivity contribution in [1.29, 1.82) is 0 Å². The molecular formula is C15H25NO3. The number of carboxylic acid groups (broad SMARTS) is 1. The van der Waals surface area contributed by atoms with Gasteiger partial charge in [-0.05, 0) is 31.6 Å². The molecule has 0 aromatic heterocycles. The lowest BCUT2D eigenvalue weighted by atomic mass is 9.77. The van der Waals surface area contributed by atoms with Gasteiger partial charge in [-0.15, -0.1) is 6.58 Å². The number of carbonyl (C=O) groups is 2. The highest BCUT2D eigenvalue weighted by atomic mass is 16.4. The lowest BCUT2D eigenvalue weighted by Gasteiger charge is -2.31. The maximum atomic E-state index is 12.3. The average molecular weight is 267 g/mol. The summed E-state index contributed by atoms with van der Waals surface area (Å²) in [6.45, 7) is 7.42. The summed E-state index contributed by atoms with van der Waals surface area (Å²) in [6, 6.07) is -0.814. The van der Waals surface area contributed by atoms with Gasteiger partial charge in [0.15, 0.2) is 0 Å². The van der Waals surface area contributed by atoms with Gasteiger partial charge >= 0.3 is 5.97 Å². The Bertz CT molecular complexity index is 343. The van der Waals surface area contributed by atoms with E-state index in [-0.39, 0.29) is 5.91 Å². The molecule has 0 aromatic rings. The van der Waals surface area contributed by atoms with Crippen molar-refractivity contribution in [2.24, 2.45) is 11.3 Å². The second-order valence-corrected chi connectivity index (χ2v) is 5.93. The maximum Gasteiger partial charge on any atom is 0.326 e. The molecule has 0 aliphatic heterocycles. The van der Waals surface area contributed by atoms with E-state index in [0.29, 0.717) is 18.8 Å². The van der Waals surface area contributed by atoms with Gasteiger partial charge in [0.25, 0.3) is 0 Å². The van der Waals surface area contributed by atoms with E-state index in [0.717, 1.165) is 12.8 Å². The Hall–Kier alpha value is -1.32. The van der Waals surface area contributed by atoms with E-state index in [1.54, 1.807) is 6.08 Å². The van der Waals surface area contributed by atoms with Gasteiger partial charge < -0.3 is 10.4 Å². The van der Waals surface area contributed by atoms with Crippen LogP contribution in [0.25, 0.3) is 0 Å². The van der Waals surface area contributed by atoms with Crippen LogP contribution in [0.15, 0.2) is 12.7 Å². The molecule has 0 bridgehead atoms. The van der Waals surface area contributed by atoms with E-state index in [1.807, 2.05) is 13.8 Å². The SMILES string of the molecule is C=CCCC(NC(=O)C(C)(C)C1CCCC1)C(=O)O. The molecule has 4 nitrogen and oxygen atoms in total. The van der Waals surface area contributed by atoms with E-state index in [4.69, 9.17) is 5.11 Å². The molecule has 1 atom stereocenters. The zero-order valence-corrected chi connectivity index (χ0v) is 11.9. The van der Waals surface area contributed by atoms with Crippen molar-refractivity contribution in [2.75, 3.05) is 0 Å². The molecule has 0 radical (unpaired) electrons. The third-order valence-electron chi connectivity index (χ3n) is 4.22. The molecule has 1 aliphatic rings. The van der Waals surface area contributed by atoms with Crippen molar-refractivity contribution < 1.29 is 14.7 Å². The Balaban J connectivity index is 2.64. The van der Waals surface area contributed by atoms with Crippen LogP contribution in [-0.4, -0.2) is 23.0 Å². The zero-order chi connectivity index (χ0) is 14.5. The van der Waals surface area contributed by atoms with Gasteiger partial charge in [0.2, 0.25) is 5.91 Å². The largest absolute Gasteiger partial charge is 0.480 e. The third kappa shape index (κ3) is 4.08. The van der Waals surface area contributed by atoms with E-state index in [2.05, 4.69) is 11.9 Å². The Kier molecular flexibility index (Phi) is 5.58. The topological polar surface area (TPSA) is 66.4 Å². The first-order chi connectivity index (χ1) is 8.89. The minimum absolute atomic E-state index is 0.143. The van der Waals surface area contributed by atoms with Gasteiger partial charge in [-0.2, -0.15) is 0 Å². The first-order valence-electron chi connectivity index (χ1n) is 7.04. The summed E-state index contributed by atoms with van der Waals surface area (Å²) in [5.74, 6) is -0.755. The van der Waals surface area contributed by atoms with Crippen molar-refractivity contribution in [3.8, 4) is 0 Å². The molecule has 4 heteroatoms. The predicted octanol–water partition coefficient (Wildman–Crippen LogP) is 2.74. The van der Waals surface area contributed by atoms with Crippen molar-refractivity contribution in [3.63, 3.8) is 0 Å². The van der Waals surface area contributed by atoms with Crippen molar-refractivity contribution in [3.05, 3.63) is 12.7 Å². The van der Waals surface area contributed by atoms with Gasteiger partial charge in [-0.25, -0.2) is 4.79 Å². The second-order valence-electron chi connectivity index (χ2n) is 5.93. The summed E-state index contributed by atoms with van der Waals surface area (Å²) in [5, 5.41) is 11.8. The highest BCUT2D eigenvalue weighted by Gasteiger charge is 2.39. The maximum absolute atomic E-state index is 12.3. The number of hydrogen-bond acceptors (Lipinski definition) is 2. The molecule has 1 aliphatic carbocycles. The van der Waals surface area contributed by atoms with Gasteiger partial charge in [-0.1, -0.05) is 32.8 Å². The molecule has 19 heavy (non-hydrogen) atoms. The van der Waals surface area contributed by atoms with E-state index in [1.165, 1.54) is 12.8 Å². The van der Waals surface area contributed by atoms with Crippen LogP contribution in [0.5, 0.6) is 0 Å². The van der Waals surface area contributed by atoms with Gasteiger partial charge in [0, 0.05) is 5.41 Å². The third-order valence-corrected chi connectivity index (χ3v) is 4.22. The molecule has 2 N–H and O–H groups in total. The van der Waals surface area contributed by atoms with Gasteiger partial charge in [0.05, 0.1) is 0 Å². The number of carboxylic acids is 1. The zero-order valence-electron chi connectivity index (χ0n) is 11.9. The van der Waals surface area contributed by atoms with Crippen LogP contribution >= 0.6 is 0 Å². The molecule has 1 unspecified atom stereocenters. The Labute approximate surface area is 115 Å². The standard InChI is InChI=1S/C15H25NO3/c1-4-5-10-12(13(17)18)16-14(19)15(2,3)11-8-6-7-9-11/h4,11-12H,1,5-10H2,2-3H3,(H,16,19)(H,17,18). The number of amides is 1. The van der Waals surface area contributed by atoms with Crippen molar-refractivity contribution in [2.45, 2.75) is 58.4 Å². The van der Waals surface area contributed by atoms with E-state index < -0.39 is 17.4 Å². The minimum atomic E-state index is -0.975. The number of rotatable bonds is 7. The van der Waals surface area contributed by atoms with Crippen LogP contribution < -0.4 is 5.32 Å². The van der Waals surface area contributed by atoms with Crippen LogP contribution in [0.1, 0.15) is 52.4 Å². The molecule has 108 valence electrons. The Morgan fingerprint density at radius 1 is 1.42 bits per heavy atom. The Morgan fingerprint density at radius 3 is 2.47 bits per heavy atom. The van der Waals surface area contributed by atoms with Gasteiger partial charge in [-0.3, -0.25) is 4.79 Å². The number of aliphatic carboxylic acids is 1. The van der Waals surface area contributed by atoms with E-state index in [9.17, 15) is 9.59 Å². The first kappa shape index (κ1) is 15.7. The molecule has 0 saturated heterocycles.